The molecule has 3 rings (SSSR count). The summed E-state index contributed by atoms with van der Waals surface area (Å²) < 4.78 is 5.59. The molecule has 2 aromatic carbocycles. The number of amides is 1. The molecule has 1 aliphatic rings. The SMILES string of the molecule is CC(C)Oc1ccc(C(=O)NC2CN(Cc3cccc(Cl)c3)C=N2)cc1. The average molecular weight is 372 g/mol. The van der Waals surface area contributed by atoms with Crippen LogP contribution in [0.4, 0.5) is 0 Å². The fraction of sp³-hybridized carbons (Fsp3) is 0.300. The van der Waals surface area contributed by atoms with Crippen LogP contribution in [0.2, 0.25) is 5.02 Å². The molecule has 0 saturated carbocycles. The van der Waals surface area contributed by atoms with Gasteiger partial charge in [-0.1, -0.05) is 23.7 Å². The van der Waals surface area contributed by atoms with E-state index in [-0.39, 0.29) is 18.2 Å². The lowest BCUT2D eigenvalue weighted by molar-refractivity contribution is 0.0937. The van der Waals surface area contributed by atoms with E-state index in [1.165, 1.54) is 0 Å². The fourth-order valence-corrected chi connectivity index (χ4v) is 2.95. The first kappa shape index (κ1) is 18.3. The van der Waals surface area contributed by atoms with Crippen molar-refractivity contribution in [2.24, 2.45) is 4.99 Å². The Balaban J connectivity index is 1.52. The highest BCUT2D eigenvalue weighted by Gasteiger charge is 2.20. The van der Waals surface area contributed by atoms with Crippen LogP contribution in [0.3, 0.4) is 0 Å². The van der Waals surface area contributed by atoms with Gasteiger partial charge in [-0.2, -0.15) is 0 Å². The van der Waals surface area contributed by atoms with Crippen molar-refractivity contribution in [1.29, 1.82) is 0 Å². The van der Waals surface area contributed by atoms with Crippen LogP contribution in [0, 0.1) is 0 Å². The highest BCUT2D eigenvalue weighted by atomic mass is 35.5. The van der Waals surface area contributed by atoms with Crippen molar-refractivity contribution in [2.75, 3.05) is 6.54 Å². The number of halogens is 1. The first-order valence-electron chi connectivity index (χ1n) is 8.59. The smallest absolute Gasteiger partial charge is 0.252 e. The van der Waals surface area contributed by atoms with Gasteiger partial charge in [-0.25, -0.2) is 4.99 Å². The normalized spacial score (nSPS) is 16.2. The second-order valence-corrected chi connectivity index (χ2v) is 6.94. The van der Waals surface area contributed by atoms with Crippen LogP contribution in [0.5, 0.6) is 5.75 Å². The van der Waals surface area contributed by atoms with E-state index in [2.05, 4.69) is 15.2 Å². The number of carbonyl (C=O) groups is 1. The first-order valence-corrected chi connectivity index (χ1v) is 8.97. The number of rotatable bonds is 6. The van der Waals surface area contributed by atoms with E-state index in [0.29, 0.717) is 23.7 Å². The minimum absolute atomic E-state index is 0.105. The molecule has 2 aromatic rings. The average Bonchev–Trinajstić information content (AvgIpc) is 3.02. The van der Waals surface area contributed by atoms with Crippen LogP contribution < -0.4 is 10.1 Å². The van der Waals surface area contributed by atoms with Gasteiger partial charge in [-0.3, -0.25) is 4.79 Å². The maximum Gasteiger partial charge on any atom is 0.252 e. The summed E-state index contributed by atoms with van der Waals surface area (Å²) in [6.07, 6.45) is 1.62. The topological polar surface area (TPSA) is 53.9 Å². The molecular formula is C20H22ClN3O2. The van der Waals surface area contributed by atoms with Gasteiger partial charge < -0.3 is 15.0 Å². The summed E-state index contributed by atoms with van der Waals surface area (Å²) in [5.41, 5.74) is 1.70. The Morgan fingerprint density at radius 1 is 1.31 bits per heavy atom. The minimum atomic E-state index is -0.256. The Morgan fingerprint density at radius 3 is 2.77 bits per heavy atom. The lowest BCUT2D eigenvalue weighted by Crippen LogP contribution is -2.37. The van der Waals surface area contributed by atoms with Crippen molar-refractivity contribution in [1.82, 2.24) is 10.2 Å². The van der Waals surface area contributed by atoms with E-state index in [9.17, 15) is 4.79 Å². The second-order valence-electron chi connectivity index (χ2n) is 6.50. The van der Waals surface area contributed by atoms with E-state index in [0.717, 1.165) is 11.3 Å². The molecule has 6 heteroatoms. The Labute approximate surface area is 158 Å². The number of ether oxygens (including phenoxy) is 1. The number of hydrogen-bond acceptors (Lipinski definition) is 4. The molecule has 0 aromatic heterocycles. The minimum Gasteiger partial charge on any atom is -0.491 e. The molecule has 0 saturated heterocycles. The van der Waals surface area contributed by atoms with Crippen LogP contribution in [0.25, 0.3) is 0 Å². The van der Waals surface area contributed by atoms with Gasteiger partial charge >= 0.3 is 0 Å². The van der Waals surface area contributed by atoms with Gasteiger partial charge in [0.1, 0.15) is 11.9 Å². The van der Waals surface area contributed by atoms with Crippen molar-refractivity contribution in [3.05, 3.63) is 64.7 Å². The van der Waals surface area contributed by atoms with Crippen LogP contribution in [-0.2, 0) is 6.54 Å². The highest BCUT2D eigenvalue weighted by Crippen LogP contribution is 2.16. The molecule has 1 N–H and O–H groups in total. The highest BCUT2D eigenvalue weighted by molar-refractivity contribution is 6.30. The maximum absolute atomic E-state index is 12.4. The zero-order valence-corrected chi connectivity index (χ0v) is 15.6. The number of carbonyl (C=O) groups excluding carboxylic acids is 1. The van der Waals surface area contributed by atoms with Gasteiger partial charge in [0.2, 0.25) is 0 Å². The number of nitrogens with zero attached hydrogens (tertiary/aromatic N) is 2. The first-order chi connectivity index (χ1) is 12.5. The summed E-state index contributed by atoms with van der Waals surface area (Å²) >= 11 is 6.02. The molecule has 1 heterocycles. The van der Waals surface area contributed by atoms with Crippen molar-refractivity contribution >= 4 is 23.8 Å². The number of benzene rings is 2. The zero-order chi connectivity index (χ0) is 18.5. The summed E-state index contributed by atoms with van der Waals surface area (Å²) in [6.45, 7) is 5.27. The molecule has 1 unspecified atom stereocenters. The van der Waals surface area contributed by atoms with E-state index >= 15 is 0 Å². The number of aliphatic imine (C=N–C) groups is 1. The molecule has 1 aliphatic heterocycles. The van der Waals surface area contributed by atoms with Crippen LogP contribution in [0.1, 0.15) is 29.8 Å². The summed E-state index contributed by atoms with van der Waals surface area (Å²) in [7, 11) is 0. The van der Waals surface area contributed by atoms with Gasteiger partial charge in [-0.15, -0.1) is 0 Å². The van der Waals surface area contributed by atoms with Gasteiger partial charge in [0.05, 0.1) is 19.0 Å². The van der Waals surface area contributed by atoms with Crippen molar-refractivity contribution in [2.45, 2.75) is 32.7 Å². The summed E-state index contributed by atoms with van der Waals surface area (Å²) in [5, 5.41) is 3.65. The largest absolute Gasteiger partial charge is 0.491 e. The van der Waals surface area contributed by atoms with E-state index in [1.807, 2.05) is 38.1 Å². The van der Waals surface area contributed by atoms with Gasteiger partial charge in [-0.05, 0) is 55.8 Å². The summed E-state index contributed by atoms with van der Waals surface area (Å²) in [5.74, 6) is 0.607. The molecular weight excluding hydrogens is 350 g/mol. The standard InChI is InChI=1S/C20H22ClN3O2/c1-14(2)26-18-8-6-16(7-9-18)20(25)23-19-12-24(13-22-19)11-15-4-3-5-17(21)10-15/h3-10,13-14,19H,11-12H2,1-2H3,(H,23,25). The second kappa shape index (κ2) is 8.23. The Bertz CT molecular complexity index is 790. The molecule has 0 fully saturated rings. The Kier molecular flexibility index (Phi) is 5.78. The molecule has 0 radical (unpaired) electrons. The Hall–Kier alpha value is -2.53. The third-order valence-electron chi connectivity index (χ3n) is 3.88. The van der Waals surface area contributed by atoms with Crippen molar-refractivity contribution in [3.63, 3.8) is 0 Å². The molecule has 136 valence electrons. The molecule has 1 atom stereocenters. The van der Waals surface area contributed by atoms with E-state index in [1.54, 1.807) is 30.6 Å². The van der Waals surface area contributed by atoms with Crippen LogP contribution in [-0.4, -0.2) is 36.0 Å². The molecule has 0 bridgehead atoms. The fourth-order valence-electron chi connectivity index (χ4n) is 2.74. The quantitative estimate of drug-likeness (QED) is 0.841. The lowest BCUT2D eigenvalue weighted by atomic mass is 10.2. The maximum atomic E-state index is 12.4. The number of hydrogen-bond donors (Lipinski definition) is 1. The molecule has 1 amide bonds. The third-order valence-corrected chi connectivity index (χ3v) is 4.11. The predicted molar refractivity (Wildman–Crippen MR) is 104 cm³/mol. The van der Waals surface area contributed by atoms with Crippen molar-refractivity contribution < 1.29 is 9.53 Å². The van der Waals surface area contributed by atoms with E-state index < -0.39 is 0 Å². The van der Waals surface area contributed by atoms with Crippen LogP contribution >= 0.6 is 11.6 Å². The Morgan fingerprint density at radius 2 is 2.08 bits per heavy atom. The van der Waals surface area contributed by atoms with Crippen molar-refractivity contribution in [3.8, 4) is 5.75 Å². The molecule has 0 aliphatic carbocycles. The monoisotopic (exact) mass is 371 g/mol. The summed E-state index contributed by atoms with van der Waals surface area (Å²) in [6, 6.07) is 14.9. The summed E-state index contributed by atoms with van der Waals surface area (Å²) in [4.78, 5) is 18.8. The number of nitrogens with one attached hydrogen (secondary N) is 1. The lowest BCUT2D eigenvalue weighted by Gasteiger charge is -2.17. The van der Waals surface area contributed by atoms with E-state index in [4.69, 9.17) is 16.3 Å². The predicted octanol–water partition coefficient (Wildman–Crippen LogP) is 3.73. The van der Waals surface area contributed by atoms with Gasteiger partial charge in [0, 0.05) is 17.1 Å². The molecule has 26 heavy (non-hydrogen) atoms. The third kappa shape index (κ3) is 4.99. The molecule has 5 nitrogen and oxygen atoms in total. The zero-order valence-electron chi connectivity index (χ0n) is 14.9. The van der Waals surface area contributed by atoms with Crippen LogP contribution in [0.15, 0.2) is 53.5 Å². The van der Waals surface area contributed by atoms with Gasteiger partial charge in [0.15, 0.2) is 0 Å². The molecule has 0 spiro atoms. The van der Waals surface area contributed by atoms with Gasteiger partial charge in [0.25, 0.3) is 5.91 Å².